The van der Waals surface area contributed by atoms with Crippen LogP contribution < -0.4 is 5.32 Å². The molecule has 2 rings (SSSR count). The zero-order chi connectivity index (χ0) is 30.4. The summed E-state index contributed by atoms with van der Waals surface area (Å²) >= 11 is 4.47. The fraction of sp³-hybridized carbons (Fsp3) is 0.657. The highest BCUT2D eigenvalue weighted by molar-refractivity contribution is 7.79. The number of ether oxygens (including phenoxy) is 1. The molecule has 1 heterocycles. The summed E-state index contributed by atoms with van der Waals surface area (Å²) in [5.41, 5.74) is 2.00. The van der Waals surface area contributed by atoms with Crippen LogP contribution in [0.25, 0.3) is 0 Å². The third kappa shape index (κ3) is 7.91. The molecule has 0 saturated heterocycles. The van der Waals surface area contributed by atoms with Gasteiger partial charge in [-0.2, -0.15) is 12.6 Å². The zero-order valence-corrected chi connectivity index (χ0v) is 28.0. The van der Waals surface area contributed by atoms with Crippen LogP contribution >= 0.6 is 12.6 Å². The van der Waals surface area contributed by atoms with Gasteiger partial charge in [0.2, 0.25) is 0 Å². The average molecular weight is 569 g/mol. The fourth-order valence-electron chi connectivity index (χ4n) is 6.06. The summed E-state index contributed by atoms with van der Waals surface area (Å²) in [4.78, 5) is 18.5. The smallest absolute Gasteiger partial charge is 0.312 e. The van der Waals surface area contributed by atoms with Crippen molar-refractivity contribution in [1.29, 1.82) is 0 Å². The van der Waals surface area contributed by atoms with Crippen LogP contribution in [0.5, 0.6) is 0 Å². The highest BCUT2D eigenvalue weighted by Crippen LogP contribution is 2.64. The maximum Gasteiger partial charge on any atom is 0.312 e. The molecule has 1 aromatic carbocycles. The van der Waals surface area contributed by atoms with E-state index in [-0.39, 0.29) is 28.1 Å². The Labute approximate surface area is 250 Å². The number of benzene rings is 1. The lowest BCUT2D eigenvalue weighted by Gasteiger charge is -2.60. The van der Waals surface area contributed by atoms with Crippen LogP contribution in [0.2, 0.25) is 0 Å². The normalized spacial score (nSPS) is 15.4. The van der Waals surface area contributed by atoms with Gasteiger partial charge in [0.25, 0.3) is 0 Å². The Morgan fingerprint density at radius 2 is 1.55 bits per heavy atom. The number of nitrogens with zero attached hydrogens (tertiary/aromatic N) is 1. The highest BCUT2D eigenvalue weighted by atomic mass is 32.1. The predicted octanol–water partition coefficient (Wildman–Crippen LogP) is 8.86. The van der Waals surface area contributed by atoms with Crippen LogP contribution in [0, 0.1) is 27.1 Å². The van der Waals surface area contributed by atoms with Crippen molar-refractivity contribution in [1.82, 2.24) is 10.3 Å². The van der Waals surface area contributed by atoms with Gasteiger partial charge in [0, 0.05) is 18.5 Å². The number of carbonyl (C=O) groups excluding carboxylic acids is 1. The molecule has 0 radical (unpaired) electrons. The van der Waals surface area contributed by atoms with E-state index >= 15 is 0 Å². The van der Waals surface area contributed by atoms with Crippen LogP contribution in [0.15, 0.2) is 48.7 Å². The van der Waals surface area contributed by atoms with E-state index in [0.29, 0.717) is 13.2 Å². The molecule has 0 aliphatic rings. The van der Waals surface area contributed by atoms with Crippen molar-refractivity contribution in [2.75, 3.05) is 13.2 Å². The van der Waals surface area contributed by atoms with Crippen molar-refractivity contribution in [3.63, 3.8) is 0 Å². The molecule has 0 aliphatic carbocycles. The Balaban J connectivity index is 2.30. The van der Waals surface area contributed by atoms with E-state index in [1.165, 1.54) is 11.1 Å². The van der Waals surface area contributed by atoms with Crippen molar-refractivity contribution in [3.05, 3.63) is 65.5 Å². The molecule has 0 aliphatic heterocycles. The summed E-state index contributed by atoms with van der Waals surface area (Å²) in [5, 5.41) is 3.40. The van der Waals surface area contributed by atoms with E-state index < -0.39 is 10.8 Å². The maximum atomic E-state index is 14.1. The van der Waals surface area contributed by atoms with E-state index in [9.17, 15) is 4.79 Å². The van der Waals surface area contributed by atoms with Gasteiger partial charge in [0.1, 0.15) is 0 Å². The molecule has 224 valence electrons. The molecular formula is C35H56N2O2S. The standard InChI is InChI=1S/C35H56N2O2S/c1-31(2,3)23-29(27-18-16-26(25-40)17-19-27)33(7,8)34(9,10)35(11,32(4,5)6)30(38)39-22-14-20-36-24-28-15-12-13-21-37-28/h12-13,15-19,21,29,36,40H,14,20,22-25H2,1-11H3. The van der Waals surface area contributed by atoms with E-state index in [1.54, 1.807) is 6.20 Å². The van der Waals surface area contributed by atoms with Gasteiger partial charge in [0.15, 0.2) is 0 Å². The fourth-order valence-corrected chi connectivity index (χ4v) is 6.27. The van der Waals surface area contributed by atoms with Crippen LogP contribution in [0.1, 0.15) is 112 Å². The van der Waals surface area contributed by atoms with Gasteiger partial charge < -0.3 is 10.1 Å². The Kier molecular flexibility index (Phi) is 11.5. The molecule has 0 bridgehead atoms. The number of hydrogen-bond acceptors (Lipinski definition) is 5. The van der Waals surface area contributed by atoms with Gasteiger partial charge in [0.05, 0.1) is 17.7 Å². The Hall–Kier alpha value is -1.85. The summed E-state index contributed by atoms with van der Waals surface area (Å²) in [6.45, 7) is 26.8. The molecule has 2 unspecified atom stereocenters. The largest absolute Gasteiger partial charge is 0.465 e. The van der Waals surface area contributed by atoms with Crippen molar-refractivity contribution in [3.8, 4) is 0 Å². The first-order chi connectivity index (χ1) is 18.4. The molecule has 1 N–H and O–H groups in total. The molecule has 0 fully saturated rings. The first kappa shape index (κ1) is 34.4. The van der Waals surface area contributed by atoms with E-state index in [1.807, 2.05) is 18.2 Å². The highest BCUT2D eigenvalue weighted by Gasteiger charge is 2.62. The lowest BCUT2D eigenvalue weighted by Crippen LogP contribution is -2.59. The topological polar surface area (TPSA) is 51.2 Å². The number of rotatable bonds is 13. The van der Waals surface area contributed by atoms with Crippen molar-refractivity contribution >= 4 is 18.6 Å². The second-order valence-corrected chi connectivity index (χ2v) is 15.2. The minimum Gasteiger partial charge on any atom is -0.465 e. The SMILES string of the molecule is CC(C)(C)CC(c1ccc(CS)cc1)C(C)(C)C(C)(C)C(C)(C(=O)OCCCNCc1ccccn1)C(C)(C)C. The van der Waals surface area contributed by atoms with Gasteiger partial charge >= 0.3 is 5.97 Å². The summed E-state index contributed by atoms with van der Waals surface area (Å²) in [6, 6.07) is 14.8. The van der Waals surface area contributed by atoms with Crippen LogP contribution in [0.3, 0.4) is 0 Å². The molecule has 5 heteroatoms. The van der Waals surface area contributed by atoms with Gasteiger partial charge in [-0.15, -0.1) is 0 Å². The van der Waals surface area contributed by atoms with Crippen LogP contribution in [-0.2, 0) is 21.8 Å². The van der Waals surface area contributed by atoms with Gasteiger partial charge in [-0.1, -0.05) is 99.6 Å². The Morgan fingerprint density at radius 3 is 2.05 bits per heavy atom. The summed E-state index contributed by atoms with van der Waals surface area (Å²) < 4.78 is 6.08. The van der Waals surface area contributed by atoms with E-state index in [0.717, 1.165) is 30.8 Å². The molecule has 2 atom stereocenters. The lowest BCUT2D eigenvalue weighted by atomic mass is 9.43. The number of esters is 1. The molecule has 40 heavy (non-hydrogen) atoms. The second-order valence-electron chi connectivity index (χ2n) is 14.9. The Bertz CT molecular complexity index is 1070. The molecular weight excluding hydrogens is 512 g/mol. The summed E-state index contributed by atoms with van der Waals surface area (Å²) in [6.07, 6.45) is 3.58. The Morgan fingerprint density at radius 1 is 0.925 bits per heavy atom. The summed E-state index contributed by atoms with van der Waals surface area (Å²) in [7, 11) is 0. The maximum absolute atomic E-state index is 14.1. The molecule has 4 nitrogen and oxygen atoms in total. The van der Waals surface area contributed by atoms with Gasteiger partial charge in [-0.3, -0.25) is 9.78 Å². The molecule has 0 saturated carbocycles. The molecule has 0 amide bonds. The second kappa shape index (κ2) is 13.4. The monoisotopic (exact) mass is 568 g/mol. The first-order valence-electron chi connectivity index (χ1n) is 14.9. The number of aromatic nitrogens is 1. The minimum atomic E-state index is -0.730. The summed E-state index contributed by atoms with van der Waals surface area (Å²) in [5.74, 6) is 0.871. The van der Waals surface area contributed by atoms with Crippen molar-refractivity contribution in [2.45, 2.75) is 107 Å². The van der Waals surface area contributed by atoms with Crippen LogP contribution in [0.4, 0.5) is 0 Å². The van der Waals surface area contributed by atoms with E-state index in [2.05, 4.69) is 123 Å². The lowest BCUT2D eigenvalue weighted by molar-refractivity contribution is -0.187. The third-order valence-electron chi connectivity index (χ3n) is 9.78. The van der Waals surface area contributed by atoms with Gasteiger partial charge in [-0.25, -0.2) is 0 Å². The van der Waals surface area contributed by atoms with Gasteiger partial charge in [-0.05, 0) is 77.1 Å². The first-order valence-corrected chi connectivity index (χ1v) is 15.5. The van der Waals surface area contributed by atoms with Crippen molar-refractivity contribution < 1.29 is 9.53 Å². The number of thiol groups is 1. The average Bonchev–Trinajstić information content (AvgIpc) is 2.87. The zero-order valence-electron chi connectivity index (χ0n) is 27.1. The third-order valence-corrected chi connectivity index (χ3v) is 10.1. The van der Waals surface area contributed by atoms with Crippen LogP contribution in [-0.4, -0.2) is 24.1 Å². The van der Waals surface area contributed by atoms with Crippen molar-refractivity contribution in [2.24, 2.45) is 27.1 Å². The molecule has 0 spiro atoms. The number of carbonyl (C=O) groups is 1. The predicted molar refractivity (Wildman–Crippen MR) is 173 cm³/mol. The van der Waals surface area contributed by atoms with E-state index in [4.69, 9.17) is 4.74 Å². The molecule has 1 aromatic heterocycles. The molecule has 2 aromatic rings. The number of pyridine rings is 1. The number of nitrogens with one attached hydrogen (secondary N) is 1. The minimum absolute atomic E-state index is 0.109. The quantitative estimate of drug-likeness (QED) is 0.144. The number of hydrogen-bond donors (Lipinski definition) is 2.